The minimum atomic E-state index is -0.395. The summed E-state index contributed by atoms with van der Waals surface area (Å²) in [7, 11) is 0. The maximum Gasteiger partial charge on any atom is 0.285 e. The van der Waals surface area contributed by atoms with Gasteiger partial charge in [0.1, 0.15) is 10.8 Å². The van der Waals surface area contributed by atoms with Crippen molar-refractivity contribution in [1.82, 2.24) is 19.7 Å². The minimum absolute atomic E-state index is 0.145. The van der Waals surface area contributed by atoms with Crippen LogP contribution in [0.3, 0.4) is 0 Å². The molecular formula is C19H19ClFN5O. The van der Waals surface area contributed by atoms with Crippen LogP contribution in [0.1, 0.15) is 29.4 Å². The number of fused-ring (bicyclic) bond motifs is 1. The number of nitrogens with one attached hydrogen (secondary N) is 1. The van der Waals surface area contributed by atoms with Crippen LogP contribution in [0.2, 0.25) is 5.02 Å². The van der Waals surface area contributed by atoms with Crippen LogP contribution in [0.5, 0.6) is 0 Å². The highest BCUT2D eigenvalue weighted by atomic mass is 35.5. The number of hydrogen-bond donors (Lipinski definition) is 1. The Morgan fingerprint density at radius 2 is 2.19 bits per heavy atom. The first-order valence-corrected chi connectivity index (χ1v) is 9.23. The molecule has 0 radical (unpaired) electrons. The van der Waals surface area contributed by atoms with Crippen LogP contribution in [0, 0.1) is 5.82 Å². The lowest BCUT2D eigenvalue weighted by molar-refractivity contribution is 0.621. The standard InChI is InChI=1S/C19H19ClFN5O/c1-2-12-7-14(21)4-3-13(12)9-26-11-22-15-10-25(6-5-16(15)26)17-8-23-24-19(27)18(17)20/h3-4,7-8,11H,2,5-6,9-10H2,1H3,(H,24,27). The number of imidazole rings is 1. The Bertz CT molecular complexity index is 1040. The van der Waals surface area contributed by atoms with E-state index in [-0.39, 0.29) is 10.8 Å². The number of benzene rings is 1. The van der Waals surface area contributed by atoms with Gasteiger partial charge >= 0.3 is 0 Å². The SMILES string of the molecule is CCc1cc(F)ccc1Cn1cnc2c1CCN(c1cn[nH]c(=O)c1Cl)C2. The Balaban J connectivity index is 1.59. The number of aromatic amines is 1. The molecule has 0 bridgehead atoms. The Hall–Kier alpha value is -2.67. The molecule has 0 unspecified atom stereocenters. The summed E-state index contributed by atoms with van der Waals surface area (Å²) in [4.78, 5) is 18.3. The molecule has 0 atom stereocenters. The summed E-state index contributed by atoms with van der Waals surface area (Å²) in [5.41, 5.74) is 4.45. The van der Waals surface area contributed by atoms with Crippen molar-refractivity contribution in [3.05, 3.63) is 74.4 Å². The van der Waals surface area contributed by atoms with Crippen LogP contribution in [-0.2, 0) is 25.9 Å². The van der Waals surface area contributed by atoms with Crippen LogP contribution < -0.4 is 10.5 Å². The van der Waals surface area contributed by atoms with E-state index in [9.17, 15) is 9.18 Å². The van der Waals surface area contributed by atoms with E-state index in [1.54, 1.807) is 12.3 Å². The molecule has 0 aliphatic carbocycles. The van der Waals surface area contributed by atoms with Crippen molar-refractivity contribution in [2.75, 3.05) is 11.4 Å². The molecule has 0 amide bonds. The first kappa shape index (κ1) is 17.7. The Kier molecular flexibility index (Phi) is 4.70. The molecule has 6 nitrogen and oxygen atoms in total. The van der Waals surface area contributed by atoms with Crippen LogP contribution in [-0.4, -0.2) is 26.3 Å². The van der Waals surface area contributed by atoms with Gasteiger partial charge in [0.15, 0.2) is 0 Å². The molecule has 0 spiro atoms. The topological polar surface area (TPSA) is 66.8 Å². The Morgan fingerprint density at radius 3 is 3.00 bits per heavy atom. The van der Waals surface area contributed by atoms with E-state index in [0.29, 0.717) is 25.3 Å². The minimum Gasteiger partial charge on any atom is -0.362 e. The number of aryl methyl sites for hydroxylation is 1. The fraction of sp³-hybridized carbons (Fsp3) is 0.316. The molecule has 140 valence electrons. The maximum atomic E-state index is 13.5. The monoisotopic (exact) mass is 387 g/mol. The maximum absolute atomic E-state index is 13.5. The lowest BCUT2D eigenvalue weighted by Gasteiger charge is -2.29. The van der Waals surface area contributed by atoms with Gasteiger partial charge in [0.05, 0.1) is 30.5 Å². The third-order valence-electron chi connectivity index (χ3n) is 5.00. The highest BCUT2D eigenvalue weighted by Gasteiger charge is 2.23. The summed E-state index contributed by atoms with van der Waals surface area (Å²) in [6.07, 6.45) is 4.96. The summed E-state index contributed by atoms with van der Waals surface area (Å²) in [6.45, 7) is 3.98. The van der Waals surface area contributed by atoms with Gasteiger partial charge in [0.2, 0.25) is 0 Å². The number of nitrogens with zero attached hydrogens (tertiary/aromatic N) is 4. The molecule has 8 heteroatoms. The number of anilines is 1. The molecule has 3 heterocycles. The number of rotatable bonds is 4. The van der Waals surface area contributed by atoms with Gasteiger partial charge in [0, 0.05) is 25.2 Å². The van der Waals surface area contributed by atoms with Crippen LogP contribution in [0.15, 0.2) is 35.5 Å². The fourth-order valence-electron chi connectivity index (χ4n) is 3.57. The molecule has 1 aliphatic heterocycles. The van der Waals surface area contributed by atoms with E-state index in [1.807, 2.05) is 24.2 Å². The first-order valence-electron chi connectivity index (χ1n) is 8.85. The third kappa shape index (κ3) is 3.35. The molecule has 0 saturated carbocycles. The smallest absolute Gasteiger partial charge is 0.285 e. The van der Waals surface area contributed by atoms with E-state index >= 15 is 0 Å². The van der Waals surface area contributed by atoms with Gasteiger partial charge in [-0.2, -0.15) is 5.10 Å². The summed E-state index contributed by atoms with van der Waals surface area (Å²) in [5, 5.41) is 6.32. The van der Waals surface area contributed by atoms with E-state index < -0.39 is 5.56 Å². The summed E-state index contributed by atoms with van der Waals surface area (Å²) >= 11 is 6.13. The van der Waals surface area contributed by atoms with Crippen molar-refractivity contribution in [3.8, 4) is 0 Å². The van der Waals surface area contributed by atoms with Crippen LogP contribution >= 0.6 is 11.6 Å². The number of H-pyrrole nitrogens is 1. The predicted molar refractivity (Wildman–Crippen MR) is 102 cm³/mol. The zero-order valence-corrected chi connectivity index (χ0v) is 15.6. The predicted octanol–water partition coefficient (Wildman–Crippen LogP) is 2.93. The second-order valence-electron chi connectivity index (χ2n) is 6.60. The number of hydrogen-bond acceptors (Lipinski definition) is 4. The number of halogens is 2. The van der Waals surface area contributed by atoms with Crippen molar-refractivity contribution in [1.29, 1.82) is 0 Å². The van der Waals surface area contributed by atoms with Gasteiger partial charge in [-0.15, -0.1) is 0 Å². The lowest BCUT2D eigenvalue weighted by atomic mass is 10.0. The second-order valence-corrected chi connectivity index (χ2v) is 6.98. The van der Waals surface area contributed by atoms with Crippen LogP contribution in [0.4, 0.5) is 10.1 Å². The molecule has 1 aromatic carbocycles. The zero-order valence-electron chi connectivity index (χ0n) is 14.9. The Morgan fingerprint density at radius 1 is 1.33 bits per heavy atom. The van der Waals surface area contributed by atoms with Crippen LogP contribution in [0.25, 0.3) is 0 Å². The highest BCUT2D eigenvalue weighted by molar-refractivity contribution is 6.32. The molecule has 27 heavy (non-hydrogen) atoms. The molecule has 0 fully saturated rings. The summed E-state index contributed by atoms with van der Waals surface area (Å²) < 4.78 is 15.6. The van der Waals surface area contributed by atoms with Crippen molar-refractivity contribution < 1.29 is 4.39 Å². The lowest BCUT2D eigenvalue weighted by Crippen LogP contribution is -2.32. The molecule has 4 rings (SSSR count). The number of aromatic nitrogens is 4. The molecule has 2 aromatic heterocycles. The quantitative estimate of drug-likeness (QED) is 0.747. The summed E-state index contributed by atoms with van der Waals surface area (Å²) in [6, 6.07) is 4.95. The van der Waals surface area contributed by atoms with Gasteiger partial charge in [-0.25, -0.2) is 14.5 Å². The van der Waals surface area contributed by atoms with E-state index in [2.05, 4.69) is 19.7 Å². The third-order valence-corrected chi connectivity index (χ3v) is 5.36. The Labute approximate surface area is 160 Å². The summed E-state index contributed by atoms with van der Waals surface area (Å²) in [5.74, 6) is -0.206. The molecule has 1 aliphatic rings. The second kappa shape index (κ2) is 7.15. The van der Waals surface area contributed by atoms with E-state index in [4.69, 9.17) is 11.6 Å². The largest absolute Gasteiger partial charge is 0.362 e. The fourth-order valence-corrected chi connectivity index (χ4v) is 3.78. The first-order chi connectivity index (χ1) is 13.1. The zero-order chi connectivity index (χ0) is 19.0. The van der Waals surface area contributed by atoms with Gasteiger partial charge in [0.25, 0.3) is 5.56 Å². The van der Waals surface area contributed by atoms with Crippen molar-refractivity contribution in [2.24, 2.45) is 0 Å². The van der Waals surface area contributed by atoms with Gasteiger partial charge in [-0.1, -0.05) is 24.6 Å². The average molecular weight is 388 g/mol. The van der Waals surface area contributed by atoms with Gasteiger partial charge in [-0.05, 0) is 29.7 Å². The molecular weight excluding hydrogens is 369 g/mol. The van der Waals surface area contributed by atoms with Gasteiger partial charge < -0.3 is 9.47 Å². The van der Waals surface area contributed by atoms with E-state index in [0.717, 1.165) is 35.4 Å². The van der Waals surface area contributed by atoms with Gasteiger partial charge in [-0.3, -0.25) is 4.79 Å². The highest BCUT2D eigenvalue weighted by Crippen LogP contribution is 2.27. The molecule has 0 saturated heterocycles. The molecule has 3 aromatic rings. The van der Waals surface area contributed by atoms with Crippen molar-refractivity contribution in [3.63, 3.8) is 0 Å². The van der Waals surface area contributed by atoms with Crippen molar-refractivity contribution in [2.45, 2.75) is 32.9 Å². The average Bonchev–Trinajstić information content (AvgIpc) is 3.07. The van der Waals surface area contributed by atoms with Crippen molar-refractivity contribution >= 4 is 17.3 Å². The normalized spacial score (nSPS) is 13.7. The van der Waals surface area contributed by atoms with E-state index in [1.165, 1.54) is 6.07 Å². The molecule has 1 N–H and O–H groups in total.